The first-order valence-electron chi connectivity index (χ1n) is 15.5. The Morgan fingerprint density at radius 2 is 1.45 bits per heavy atom. The Labute approximate surface area is 280 Å². The van der Waals surface area contributed by atoms with Gasteiger partial charge in [0.1, 0.15) is 0 Å². The van der Waals surface area contributed by atoms with E-state index in [1.165, 1.54) is 22.7 Å². The van der Waals surface area contributed by atoms with Crippen molar-refractivity contribution in [3.8, 4) is 0 Å². The molecule has 0 spiro atoms. The molecule has 2 heterocycles. The van der Waals surface area contributed by atoms with E-state index in [1.807, 2.05) is 54.6 Å². The van der Waals surface area contributed by atoms with E-state index < -0.39 is 17.9 Å². The van der Waals surface area contributed by atoms with Crippen LogP contribution in [0.4, 0.5) is 0 Å². The number of hydrogen-bond donors (Lipinski definition) is 5. The molecular formula is C34H39N5O6S2. The Hall–Kier alpha value is -4.62. The lowest BCUT2D eigenvalue weighted by molar-refractivity contribution is -0.138. The van der Waals surface area contributed by atoms with Crippen LogP contribution in [0.25, 0.3) is 20.2 Å². The molecule has 4 rings (SSSR count). The zero-order chi connectivity index (χ0) is 33.8. The van der Waals surface area contributed by atoms with Gasteiger partial charge in [-0.05, 0) is 67.1 Å². The van der Waals surface area contributed by atoms with E-state index in [2.05, 4.69) is 15.6 Å². The van der Waals surface area contributed by atoms with E-state index in [1.54, 1.807) is 6.07 Å². The van der Waals surface area contributed by atoms with Crippen molar-refractivity contribution < 1.29 is 29.1 Å². The summed E-state index contributed by atoms with van der Waals surface area (Å²) in [7, 11) is 0. The summed E-state index contributed by atoms with van der Waals surface area (Å²) < 4.78 is 1.95. The molecule has 2 aromatic carbocycles. The lowest BCUT2D eigenvalue weighted by Gasteiger charge is -2.18. The summed E-state index contributed by atoms with van der Waals surface area (Å²) in [6.07, 6.45) is 1.76. The zero-order valence-corrected chi connectivity index (χ0v) is 27.5. The number of thiophene rings is 2. The predicted octanol–water partition coefficient (Wildman–Crippen LogP) is 4.88. The predicted molar refractivity (Wildman–Crippen MR) is 186 cm³/mol. The van der Waals surface area contributed by atoms with Gasteiger partial charge in [0.2, 0.25) is 5.91 Å². The van der Waals surface area contributed by atoms with Gasteiger partial charge in [-0.15, -0.1) is 22.7 Å². The van der Waals surface area contributed by atoms with Crippen LogP contribution in [-0.4, -0.2) is 59.5 Å². The number of carbonyl (C=O) groups is 5. The smallest absolute Gasteiger partial charge is 0.303 e. The second-order valence-electron chi connectivity index (χ2n) is 11.2. The normalized spacial score (nSPS) is 12.3. The van der Waals surface area contributed by atoms with Crippen LogP contribution in [-0.2, 0) is 14.4 Å². The third-order valence-corrected chi connectivity index (χ3v) is 9.93. The van der Waals surface area contributed by atoms with Crippen molar-refractivity contribution in [1.29, 1.82) is 0 Å². The first kappa shape index (κ1) is 35.2. The molecule has 2 unspecified atom stereocenters. The molecule has 47 heavy (non-hydrogen) atoms. The average molecular weight is 678 g/mol. The number of unbranched alkanes of at least 4 members (excludes halogenated alkanes) is 1. The highest BCUT2D eigenvalue weighted by molar-refractivity contribution is 7.21. The van der Waals surface area contributed by atoms with Crippen LogP contribution in [0.2, 0.25) is 0 Å². The monoisotopic (exact) mass is 677 g/mol. The third-order valence-electron chi connectivity index (χ3n) is 7.66. The lowest BCUT2D eigenvalue weighted by Crippen LogP contribution is -2.41. The molecule has 2 amide bonds. The Balaban J connectivity index is 1.32. The summed E-state index contributed by atoms with van der Waals surface area (Å²) in [6, 6.07) is 18.1. The Morgan fingerprint density at radius 1 is 0.809 bits per heavy atom. The molecule has 248 valence electrons. The number of aliphatic imine (C=N–C) groups is 1. The molecule has 11 nitrogen and oxygen atoms in total. The van der Waals surface area contributed by atoms with E-state index in [4.69, 9.17) is 16.6 Å². The van der Waals surface area contributed by atoms with Crippen LogP contribution in [0.5, 0.6) is 0 Å². The molecule has 0 radical (unpaired) electrons. The Kier molecular flexibility index (Phi) is 13.0. The highest BCUT2D eigenvalue weighted by Gasteiger charge is 2.25. The van der Waals surface area contributed by atoms with Crippen molar-refractivity contribution in [2.75, 3.05) is 13.1 Å². The van der Waals surface area contributed by atoms with Crippen LogP contribution in [0.3, 0.4) is 0 Å². The molecule has 7 N–H and O–H groups in total. The number of aliphatic carboxylic acids is 1. The number of carboxylic acid groups (broad SMARTS) is 1. The fourth-order valence-electron chi connectivity index (χ4n) is 5.19. The zero-order valence-electron chi connectivity index (χ0n) is 25.9. The number of guanidine groups is 1. The molecule has 0 aliphatic rings. The number of Topliss-reactive ketones (excluding diaryl/α,β-unsaturated/α-hetero) is 2. The molecule has 0 saturated carbocycles. The molecule has 2 aromatic heterocycles. The van der Waals surface area contributed by atoms with E-state index in [9.17, 15) is 24.0 Å². The molecule has 4 aromatic rings. The lowest BCUT2D eigenvalue weighted by atomic mass is 9.95. The van der Waals surface area contributed by atoms with Gasteiger partial charge in [-0.1, -0.05) is 36.4 Å². The van der Waals surface area contributed by atoms with Gasteiger partial charge >= 0.3 is 5.97 Å². The number of carbonyl (C=O) groups excluding carboxylic acids is 4. The van der Waals surface area contributed by atoms with Crippen molar-refractivity contribution in [3.63, 3.8) is 0 Å². The number of carboxylic acids is 1. The van der Waals surface area contributed by atoms with Gasteiger partial charge in [0.25, 0.3) is 5.91 Å². The quantitative estimate of drug-likeness (QED) is 0.0401. The summed E-state index contributed by atoms with van der Waals surface area (Å²) in [5.74, 6) is -2.80. The highest BCUT2D eigenvalue weighted by Crippen LogP contribution is 2.28. The third kappa shape index (κ3) is 10.7. The van der Waals surface area contributed by atoms with Gasteiger partial charge in [0.15, 0.2) is 17.5 Å². The van der Waals surface area contributed by atoms with Crippen molar-refractivity contribution >= 4 is 78.2 Å². The first-order chi connectivity index (χ1) is 22.6. The second kappa shape index (κ2) is 17.3. The minimum atomic E-state index is -1.09. The minimum Gasteiger partial charge on any atom is -0.481 e. The summed E-state index contributed by atoms with van der Waals surface area (Å²) in [6.45, 7) is 0.647. The number of hydrogen-bond acceptors (Lipinski definition) is 8. The largest absolute Gasteiger partial charge is 0.481 e. The molecule has 0 fully saturated rings. The van der Waals surface area contributed by atoms with Crippen LogP contribution >= 0.6 is 22.7 Å². The van der Waals surface area contributed by atoms with Crippen molar-refractivity contribution in [3.05, 3.63) is 70.4 Å². The van der Waals surface area contributed by atoms with Gasteiger partial charge in [0, 0.05) is 41.2 Å². The Morgan fingerprint density at radius 3 is 2.09 bits per heavy atom. The summed E-state index contributed by atoms with van der Waals surface area (Å²) in [4.78, 5) is 68.5. The SMILES string of the molecule is NC(N)=NCCCC(CC(=O)c1cc2ccccc2s1)C(=O)NCCCCC(NC(=O)c1cc2ccccc2s1)C(=O)CCC(=O)O. The second-order valence-corrected chi connectivity index (χ2v) is 13.4. The fraction of sp³-hybridized carbons (Fsp3) is 0.353. The van der Waals surface area contributed by atoms with E-state index in [0.29, 0.717) is 48.5 Å². The molecular weight excluding hydrogens is 639 g/mol. The number of ketones is 2. The average Bonchev–Trinajstić information content (AvgIpc) is 3.69. The maximum atomic E-state index is 13.2. The molecule has 0 saturated heterocycles. The van der Waals surface area contributed by atoms with Gasteiger partial charge in [-0.25, -0.2) is 0 Å². The molecule has 0 aliphatic carbocycles. The fourth-order valence-corrected chi connectivity index (χ4v) is 7.16. The minimum absolute atomic E-state index is 0.0351. The molecule has 2 atom stereocenters. The topological polar surface area (TPSA) is 194 Å². The number of nitrogens with one attached hydrogen (secondary N) is 2. The molecule has 0 aliphatic heterocycles. The maximum Gasteiger partial charge on any atom is 0.303 e. The number of amides is 2. The number of benzene rings is 2. The van der Waals surface area contributed by atoms with Gasteiger partial charge in [-0.2, -0.15) is 0 Å². The Bertz CT molecular complexity index is 1690. The number of nitrogens with zero attached hydrogens (tertiary/aromatic N) is 1. The summed E-state index contributed by atoms with van der Waals surface area (Å²) in [5, 5.41) is 16.7. The number of rotatable bonds is 19. The molecule has 13 heteroatoms. The maximum absolute atomic E-state index is 13.2. The van der Waals surface area contributed by atoms with Gasteiger partial charge < -0.3 is 27.2 Å². The summed E-state index contributed by atoms with van der Waals surface area (Å²) in [5.41, 5.74) is 10.8. The van der Waals surface area contributed by atoms with Crippen molar-refractivity contribution in [2.24, 2.45) is 22.4 Å². The van der Waals surface area contributed by atoms with E-state index in [0.717, 1.165) is 20.2 Å². The van der Waals surface area contributed by atoms with Gasteiger partial charge in [-0.3, -0.25) is 29.0 Å². The van der Waals surface area contributed by atoms with Crippen LogP contribution in [0.1, 0.15) is 70.7 Å². The van der Waals surface area contributed by atoms with E-state index in [-0.39, 0.29) is 55.0 Å². The van der Waals surface area contributed by atoms with Crippen molar-refractivity contribution in [1.82, 2.24) is 10.6 Å². The van der Waals surface area contributed by atoms with Gasteiger partial charge in [0.05, 0.1) is 22.2 Å². The highest BCUT2D eigenvalue weighted by atomic mass is 32.1. The standard InChI is InChI=1S/C34H39N5O6S2/c35-34(36)38-17-7-10-23(18-26(41)29-19-21-8-1-3-12-27(21)46-29)32(44)37-16-6-5-11-24(25(40)14-15-31(42)43)39-33(45)30-20-22-9-2-4-13-28(22)47-30/h1-4,8-9,12-13,19-20,23-24H,5-7,10-11,14-18H2,(H,37,44)(H,39,45)(H,42,43)(H4,35,36,38). The van der Waals surface area contributed by atoms with Crippen molar-refractivity contribution in [2.45, 2.75) is 57.4 Å². The molecule has 0 bridgehead atoms. The number of nitrogens with two attached hydrogens (primary N) is 2. The van der Waals surface area contributed by atoms with E-state index >= 15 is 0 Å². The van der Waals surface area contributed by atoms with Crippen LogP contribution in [0.15, 0.2) is 65.7 Å². The van der Waals surface area contributed by atoms with Crippen LogP contribution in [0, 0.1) is 5.92 Å². The first-order valence-corrected chi connectivity index (χ1v) is 17.1. The summed E-state index contributed by atoms with van der Waals surface area (Å²) >= 11 is 2.72. The number of fused-ring (bicyclic) bond motifs is 2. The van der Waals surface area contributed by atoms with Crippen LogP contribution < -0.4 is 22.1 Å².